The van der Waals surface area contributed by atoms with Crippen LogP contribution in [0.5, 0.6) is 5.75 Å². The van der Waals surface area contributed by atoms with Crippen LogP contribution in [0, 0.1) is 0 Å². The van der Waals surface area contributed by atoms with Gasteiger partial charge in [-0.2, -0.15) is 4.99 Å². The number of rotatable bonds is 6. The van der Waals surface area contributed by atoms with Crippen molar-refractivity contribution < 1.29 is 22.7 Å². The summed E-state index contributed by atoms with van der Waals surface area (Å²) in [5.41, 5.74) is 0.869. The second kappa shape index (κ2) is 9.08. The molecule has 0 saturated carbocycles. The Morgan fingerprint density at radius 2 is 1.90 bits per heavy atom. The number of hydrogen-bond acceptors (Lipinski definition) is 6. The summed E-state index contributed by atoms with van der Waals surface area (Å²) >= 11 is 1.28. The van der Waals surface area contributed by atoms with Crippen molar-refractivity contribution in [3.05, 3.63) is 23.0 Å². The number of ether oxygens (including phenoxy) is 1. The number of likely N-dealkylation sites (tertiary alicyclic amines) is 1. The van der Waals surface area contributed by atoms with E-state index in [0.717, 1.165) is 35.2 Å². The summed E-state index contributed by atoms with van der Waals surface area (Å²) in [6, 6.07) is 5.57. The number of hydrogen-bond donors (Lipinski definition) is 0. The van der Waals surface area contributed by atoms with Gasteiger partial charge in [0.2, 0.25) is 5.91 Å². The van der Waals surface area contributed by atoms with Crippen molar-refractivity contribution in [1.82, 2.24) is 9.47 Å². The van der Waals surface area contributed by atoms with E-state index in [1.807, 2.05) is 25.1 Å². The number of aromatic nitrogens is 1. The van der Waals surface area contributed by atoms with Crippen molar-refractivity contribution in [2.45, 2.75) is 26.2 Å². The first kappa shape index (κ1) is 21.5. The van der Waals surface area contributed by atoms with Gasteiger partial charge in [0.1, 0.15) is 17.3 Å². The molecule has 158 valence electrons. The molecule has 1 aliphatic rings. The van der Waals surface area contributed by atoms with Gasteiger partial charge in [0.25, 0.3) is 5.91 Å². The van der Waals surface area contributed by atoms with Crippen LogP contribution >= 0.6 is 11.3 Å². The molecule has 0 spiro atoms. The Balaban J connectivity index is 1.73. The lowest BCUT2D eigenvalue weighted by molar-refractivity contribution is -0.129. The van der Waals surface area contributed by atoms with Gasteiger partial charge in [0.05, 0.1) is 16.8 Å². The molecule has 3 rings (SSSR count). The van der Waals surface area contributed by atoms with Crippen molar-refractivity contribution in [1.29, 1.82) is 0 Å². The topological polar surface area (TPSA) is 98.0 Å². The first-order valence-corrected chi connectivity index (χ1v) is 12.2. The van der Waals surface area contributed by atoms with E-state index in [4.69, 9.17) is 4.74 Å². The smallest absolute Gasteiger partial charge is 0.263 e. The molecule has 2 aromatic rings. The monoisotopic (exact) mass is 439 g/mol. The number of carbonyl (C=O) groups excluding carboxylic acids is 2. The molecule has 1 aliphatic heterocycles. The second-order valence-electron chi connectivity index (χ2n) is 6.99. The molecule has 2 heterocycles. The molecule has 0 atom stereocenters. The van der Waals surface area contributed by atoms with Gasteiger partial charge in [-0.25, -0.2) is 8.42 Å². The molecule has 1 aromatic carbocycles. The Morgan fingerprint density at radius 1 is 1.17 bits per heavy atom. The molecule has 1 fully saturated rings. The van der Waals surface area contributed by atoms with E-state index in [-0.39, 0.29) is 0 Å². The van der Waals surface area contributed by atoms with Crippen LogP contribution in [-0.4, -0.2) is 60.9 Å². The fraction of sp³-hybridized carbons (Fsp3) is 0.526. The van der Waals surface area contributed by atoms with Crippen LogP contribution in [0.2, 0.25) is 0 Å². The number of carbonyl (C=O) groups is 2. The van der Waals surface area contributed by atoms with E-state index in [2.05, 4.69) is 4.99 Å². The van der Waals surface area contributed by atoms with E-state index in [9.17, 15) is 18.0 Å². The Bertz CT molecular complexity index is 1080. The first-order valence-electron chi connectivity index (χ1n) is 9.57. The van der Waals surface area contributed by atoms with Gasteiger partial charge >= 0.3 is 0 Å². The van der Waals surface area contributed by atoms with E-state index < -0.39 is 33.2 Å². The van der Waals surface area contributed by atoms with Gasteiger partial charge in [0.15, 0.2) is 14.6 Å². The van der Waals surface area contributed by atoms with Gasteiger partial charge in [0, 0.05) is 20.1 Å². The highest BCUT2D eigenvalue weighted by atomic mass is 32.2. The summed E-state index contributed by atoms with van der Waals surface area (Å²) in [6.07, 6.45) is 2.81. The largest absolute Gasteiger partial charge is 0.494 e. The maximum atomic E-state index is 12.3. The van der Waals surface area contributed by atoms with Crippen molar-refractivity contribution in [2.75, 3.05) is 31.2 Å². The summed E-state index contributed by atoms with van der Waals surface area (Å²) < 4.78 is 32.7. The second-order valence-corrected chi connectivity index (χ2v) is 10.1. The fourth-order valence-electron chi connectivity index (χ4n) is 3.28. The molecule has 8 nitrogen and oxygen atoms in total. The highest BCUT2D eigenvalue weighted by Gasteiger charge is 2.25. The van der Waals surface area contributed by atoms with Crippen LogP contribution in [0.25, 0.3) is 10.2 Å². The maximum Gasteiger partial charge on any atom is 0.263 e. The average molecular weight is 440 g/mol. The van der Waals surface area contributed by atoms with Gasteiger partial charge in [-0.3, -0.25) is 9.59 Å². The minimum Gasteiger partial charge on any atom is -0.494 e. The summed E-state index contributed by atoms with van der Waals surface area (Å²) in [4.78, 5) is 30.4. The molecular weight excluding hydrogens is 414 g/mol. The van der Waals surface area contributed by atoms with Crippen molar-refractivity contribution in [3.8, 4) is 5.75 Å². The molecule has 0 bridgehead atoms. The number of nitrogens with zero attached hydrogens (tertiary/aromatic N) is 3. The number of aryl methyl sites for hydroxylation is 1. The van der Waals surface area contributed by atoms with Crippen molar-refractivity contribution in [2.24, 2.45) is 12.0 Å². The van der Waals surface area contributed by atoms with Crippen LogP contribution in [0.15, 0.2) is 23.2 Å². The standard InChI is InChI=1S/C19H25N3O5S2/c1-3-27-14-7-8-15-16(11-14)28-19(21(15)2)20-17(23)12-29(25,26)13-18(24)22-9-5-4-6-10-22/h7-8,11H,3-6,9-10,12-13H2,1-2H3. The molecule has 0 radical (unpaired) electrons. The first-order chi connectivity index (χ1) is 13.8. The van der Waals surface area contributed by atoms with Crippen LogP contribution in [0.1, 0.15) is 26.2 Å². The van der Waals surface area contributed by atoms with Crippen molar-refractivity contribution in [3.63, 3.8) is 0 Å². The average Bonchev–Trinajstić information content (AvgIpc) is 2.96. The minimum atomic E-state index is -3.87. The number of fused-ring (bicyclic) bond motifs is 1. The predicted molar refractivity (Wildman–Crippen MR) is 112 cm³/mol. The maximum absolute atomic E-state index is 12.3. The Morgan fingerprint density at radius 3 is 2.59 bits per heavy atom. The predicted octanol–water partition coefficient (Wildman–Crippen LogP) is 1.49. The lowest BCUT2D eigenvalue weighted by atomic mass is 10.1. The zero-order valence-electron chi connectivity index (χ0n) is 16.6. The zero-order valence-corrected chi connectivity index (χ0v) is 18.2. The lowest BCUT2D eigenvalue weighted by Crippen LogP contribution is -2.40. The van der Waals surface area contributed by atoms with Crippen molar-refractivity contribution >= 4 is 43.2 Å². The third kappa shape index (κ3) is 5.45. The molecule has 2 amide bonds. The summed E-state index contributed by atoms with van der Waals surface area (Å²) in [6.45, 7) is 3.60. The number of sulfone groups is 1. The third-order valence-electron chi connectivity index (χ3n) is 4.71. The van der Waals surface area contributed by atoms with Crippen LogP contribution in [0.3, 0.4) is 0 Å². The minimum absolute atomic E-state index is 0.399. The molecule has 1 aromatic heterocycles. The lowest BCUT2D eigenvalue weighted by Gasteiger charge is -2.26. The fourth-order valence-corrected chi connectivity index (χ4v) is 5.44. The van der Waals surface area contributed by atoms with E-state index >= 15 is 0 Å². The van der Waals surface area contributed by atoms with E-state index in [1.165, 1.54) is 11.3 Å². The number of benzene rings is 1. The van der Waals surface area contributed by atoms with Crippen LogP contribution in [-0.2, 0) is 26.5 Å². The van der Waals surface area contributed by atoms with E-state index in [0.29, 0.717) is 24.5 Å². The van der Waals surface area contributed by atoms with Gasteiger partial charge < -0.3 is 14.2 Å². The molecule has 0 aliphatic carbocycles. The number of thiazole rings is 1. The zero-order chi connectivity index (χ0) is 21.0. The summed E-state index contributed by atoms with van der Waals surface area (Å²) in [5.74, 6) is -1.91. The quantitative estimate of drug-likeness (QED) is 0.679. The Labute approximate surface area is 173 Å². The summed E-state index contributed by atoms with van der Waals surface area (Å²) in [5, 5.41) is 0. The van der Waals surface area contributed by atoms with E-state index in [1.54, 1.807) is 16.5 Å². The molecule has 29 heavy (non-hydrogen) atoms. The van der Waals surface area contributed by atoms with Crippen LogP contribution < -0.4 is 9.54 Å². The molecule has 0 N–H and O–H groups in total. The molecular formula is C19H25N3O5S2. The number of amides is 2. The summed E-state index contributed by atoms with van der Waals surface area (Å²) in [7, 11) is -2.10. The molecule has 1 saturated heterocycles. The Kier molecular flexibility index (Phi) is 6.74. The van der Waals surface area contributed by atoms with Crippen LogP contribution in [0.4, 0.5) is 0 Å². The molecule has 10 heteroatoms. The highest BCUT2D eigenvalue weighted by molar-refractivity contribution is 7.92. The normalized spacial score (nSPS) is 15.7. The number of piperidine rings is 1. The van der Waals surface area contributed by atoms with Gasteiger partial charge in [-0.1, -0.05) is 11.3 Å². The van der Waals surface area contributed by atoms with Gasteiger partial charge in [-0.05, 0) is 44.4 Å². The SMILES string of the molecule is CCOc1ccc2c(c1)sc(=NC(=O)CS(=O)(=O)CC(=O)N1CCCCC1)n2C. The third-order valence-corrected chi connectivity index (χ3v) is 7.18. The molecule has 0 unspecified atom stereocenters. The van der Waals surface area contributed by atoms with Gasteiger partial charge in [-0.15, -0.1) is 0 Å². The highest BCUT2D eigenvalue weighted by Crippen LogP contribution is 2.22. The Hall–Kier alpha value is -2.20.